The molecule has 8 nitrogen and oxygen atoms in total. The Labute approximate surface area is 94.9 Å². The number of hydrogen-bond donors (Lipinski definition) is 0. The zero-order chi connectivity index (χ0) is 12.6. The number of carbonyl (C=O) groups is 1. The van der Waals surface area contributed by atoms with Crippen molar-refractivity contribution in [2.24, 2.45) is 7.05 Å². The summed E-state index contributed by atoms with van der Waals surface area (Å²) in [5.74, 6) is -0.642. The number of nitro groups is 1. The number of carbonyl (C=O) groups excluding carboxylic acids is 1. The van der Waals surface area contributed by atoms with Crippen LogP contribution in [0.4, 0.5) is 5.69 Å². The van der Waals surface area contributed by atoms with Crippen LogP contribution in [0.15, 0.2) is 12.1 Å². The fourth-order valence-corrected chi connectivity index (χ4v) is 1.49. The third-order valence-electron chi connectivity index (χ3n) is 2.31. The van der Waals surface area contributed by atoms with E-state index >= 15 is 0 Å². The summed E-state index contributed by atoms with van der Waals surface area (Å²) >= 11 is 0. The van der Waals surface area contributed by atoms with Crippen LogP contribution in [0.25, 0.3) is 11.0 Å². The fraction of sp³-hybridized carbons (Fsp3) is 0.222. The molecular formula is C9H8N4O4. The van der Waals surface area contributed by atoms with Crippen LogP contribution in [-0.2, 0) is 11.8 Å². The van der Waals surface area contributed by atoms with E-state index in [1.165, 1.54) is 17.9 Å². The van der Waals surface area contributed by atoms with Crippen LogP contribution in [0.2, 0.25) is 0 Å². The van der Waals surface area contributed by atoms with E-state index in [-0.39, 0.29) is 16.8 Å². The van der Waals surface area contributed by atoms with Gasteiger partial charge in [0.05, 0.1) is 23.1 Å². The molecule has 0 amide bonds. The number of nitrogens with zero attached hydrogens (tertiary/aromatic N) is 4. The largest absolute Gasteiger partial charge is 0.465 e. The number of aryl methyl sites for hydroxylation is 1. The van der Waals surface area contributed by atoms with E-state index in [0.717, 1.165) is 6.07 Å². The average Bonchev–Trinajstić information content (AvgIpc) is 2.69. The van der Waals surface area contributed by atoms with Crippen molar-refractivity contribution in [2.75, 3.05) is 7.11 Å². The summed E-state index contributed by atoms with van der Waals surface area (Å²) in [4.78, 5) is 21.6. The van der Waals surface area contributed by atoms with Gasteiger partial charge in [0.1, 0.15) is 0 Å². The molecule has 0 saturated carbocycles. The minimum atomic E-state index is -0.642. The summed E-state index contributed by atoms with van der Waals surface area (Å²) in [6.45, 7) is 0. The molecule has 0 spiro atoms. The summed E-state index contributed by atoms with van der Waals surface area (Å²) in [5, 5.41) is 18.2. The first-order valence-corrected chi connectivity index (χ1v) is 4.60. The van der Waals surface area contributed by atoms with E-state index in [2.05, 4.69) is 15.0 Å². The van der Waals surface area contributed by atoms with Gasteiger partial charge in [0.2, 0.25) is 0 Å². The number of benzene rings is 1. The molecule has 0 radical (unpaired) electrons. The van der Waals surface area contributed by atoms with Gasteiger partial charge in [-0.25, -0.2) is 9.48 Å². The van der Waals surface area contributed by atoms with Crippen molar-refractivity contribution < 1.29 is 14.5 Å². The lowest BCUT2D eigenvalue weighted by Gasteiger charge is -2.00. The minimum Gasteiger partial charge on any atom is -0.465 e. The number of non-ortho nitro benzene ring substituents is 1. The molecule has 0 aliphatic heterocycles. The molecule has 0 bridgehead atoms. The van der Waals surface area contributed by atoms with Crippen LogP contribution >= 0.6 is 0 Å². The average molecular weight is 236 g/mol. The number of nitro benzene ring substituents is 1. The maximum absolute atomic E-state index is 11.4. The maximum Gasteiger partial charge on any atom is 0.338 e. The van der Waals surface area contributed by atoms with Crippen molar-refractivity contribution in [1.29, 1.82) is 0 Å². The van der Waals surface area contributed by atoms with Gasteiger partial charge in [-0.15, -0.1) is 5.10 Å². The van der Waals surface area contributed by atoms with E-state index in [1.54, 1.807) is 7.05 Å². The predicted molar refractivity (Wildman–Crippen MR) is 56.5 cm³/mol. The Hall–Kier alpha value is -2.51. The molecule has 1 heterocycles. The Morgan fingerprint density at radius 3 is 2.82 bits per heavy atom. The molecule has 17 heavy (non-hydrogen) atoms. The minimum absolute atomic E-state index is 0.0945. The van der Waals surface area contributed by atoms with E-state index in [1.807, 2.05) is 0 Å². The molecule has 0 aliphatic carbocycles. The van der Waals surface area contributed by atoms with Crippen LogP contribution < -0.4 is 0 Å². The highest BCUT2D eigenvalue weighted by molar-refractivity contribution is 5.97. The normalized spacial score (nSPS) is 10.5. The number of hydrogen-bond acceptors (Lipinski definition) is 6. The van der Waals surface area contributed by atoms with E-state index in [9.17, 15) is 14.9 Å². The molecule has 2 aromatic rings. The fourth-order valence-electron chi connectivity index (χ4n) is 1.49. The topological polar surface area (TPSA) is 100 Å². The zero-order valence-corrected chi connectivity index (χ0v) is 9.08. The molecule has 0 N–H and O–H groups in total. The number of methoxy groups -OCH3 is 1. The van der Waals surface area contributed by atoms with Crippen molar-refractivity contribution in [1.82, 2.24) is 15.0 Å². The molecule has 0 aliphatic rings. The summed E-state index contributed by atoms with van der Waals surface area (Å²) in [7, 11) is 2.79. The Morgan fingerprint density at radius 2 is 2.24 bits per heavy atom. The van der Waals surface area contributed by atoms with Gasteiger partial charge < -0.3 is 4.74 Å². The first kappa shape index (κ1) is 11.0. The number of fused-ring (bicyclic) bond motifs is 1. The monoisotopic (exact) mass is 236 g/mol. The highest BCUT2D eigenvalue weighted by Crippen LogP contribution is 2.25. The SMILES string of the molecule is COC(=O)c1cc([N+](=O)[O-])c2nnn(C)c2c1. The van der Waals surface area contributed by atoms with Crippen molar-refractivity contribution in [3.05, 3.63) is 27.8 Å². The van der Waals surface area contributed by atoms with Gasteiger partial charge in [-0.2, -0.15) is 0 Å². The third-order valence-corrected chi connectivity index (χ3v) is 2.31. The predicted octanol–water partition coefficient (Wildman–Crippen LogP) is 0.663. The lowest BCUT2D eigenvalue weighted by atomic mass is 10.1. The number of rotatable bonds is 2. The van der Waals surface area contributed by atoms with Gasteiger partial charge in [0, 0.05) is 13.1 Å². The second-order valence-electron chi connectivity index (χ2n) is 3.32. The Balaban J connectivity index is 2.78. The van der Waals surface area contributed by atoms with Gasteiger partial charge in [-0.3, -0.25) is 10.1 Å². The second kappa shape index (κ2) is 3.81. The van der Waals surface area contributed by atoms with E-state index in [0.29, 0.717) is 5.52 Å². The Bertz CT molecular complexity index is 619. The highest BCUT2D eigenvalue weighted by atomic mass is 16.6. The smallest absolute Gasteiger partial charge is 0.338 e. The summed E-state index contributed by atoms with van der Waals surface area (Å²) in [6.07, 6.45) is 0. The van der Waals surface area contributed by atoms with Crippen LogP contribution in [0.5, 0.6) is 0 Å². The van der Waals surface area contributed by atoms with Crippen molar-refractivity contribution in [3.8, 4) is 0 Å². The van der Waals surface area contributed by atoms with Crippen molar-refractivity contribution in [2.45, 2.75) is 0 Å². The maximum atomic E-state index is 11.4. The van der Waals surface area contributed by atoms with Gasteiger partial charge in [0.15, 0.2) is 5.52 Å². The first-order valence-electron chi connectivity index (χ1n) is 4.60. The lowest BCUT2D eigenvalue weighted by Crippen LogP contribution is -2.03. The second-order valence-corrected chi connectivity index (χ2v) is 3.32. The van der Waals surface area contributed by atoms with Gasteiger partial charge in [0.25, 0.3) is 5.69 Å². The molecule has 0 atom stereocenters. The molecule has 88 valence electrons. The summed E-state index contributed by atoms with van der Waals surface area (Å²) in [6, 6.07) is 2.58. The summed E-state index contributed by atoms with van der Waals surface area (Å²) in [5.41, 5.74) is 0.373. The van der Waals surface area contributed by atoms with Crippen LogP contribution in [0.1, 0.15) is 10.4 Å². The van der Waals surface area contributed by atoms with Gasteiger partial charge >= 0.3 is 5.97 Å². The van der Waals surface area contributed by atoms with Gasteiger partial charge in [-0.05, 0) is 6.07 Å². The summed E-state index contributed by atoms with van der Waals surface area (Å²) < 4.78 is 5.88. The molecule has 0 fully saturated rings. The molecule has 1 aromatic carbocycles. The van der Waals surface area contributed by atoms with E-state index < -0.39 is 10.9 Å². The Morgan fingerprint density at radius 1 is 1.53 bits per heavy atom. The van der Waals surface area contributed by atoms with Crippen molar-refractivity contribution in [3.63, 3.8) is 0 Å². The van der Waals surface area contributed by atoms with Crippen molar-refractivity contribution >= 4 is 22.7 Å². The highest BCUT2D eigenvalue weighted by Gasteiger charge is 2.21. The third kappa shape index (κ3) is 1.69. The molecular weight excluding hydrogens is 228 g/mol. The van der Waals surface area contributed by atoms with Crippen LogP contribution in [0, 0.1) is 10.1 Å². The number of ether oxygens (including phenoxy) is 1. The number of aromatic nitrogens is 3. The standard InChI is InChI=1S/C9H8N4O4/c1-12-6-3-5(9(14)17-2)4-7(13(15)16)8(6)10-11-12/h3-4H,1-2H3. The molecule has 8 heteroatoms. The zero-order valence-electron chi connectivity index (χ0n) is 9.08. The Kier molecular flexibility index (Phi) is 2.47. The first-order chi connectivity index (χ1) is 8.04. The van der Waals surface area contributed by atoms with E-state index in [4.69, 9.17) is 0 Å². The van der Waals surface area contributed by atoms with Crippen LogP contribution in [-0.4, -0.2) is 33.0 Å². The molecule has 0 unspecified atom stereocenters. The molecule has 0 saturated heterocycles. The van der Waals surface area contributed by atoms with Crippen LogP contribution in [0.3, 0.4) is 0 Å². The number of esters is 1. The lowest BCUT2D eigenvalue weighted by molar-refractivity contribution is -0.383. The quantitative estimate of drug-likeness (QED) is 0.431. The molecule has 1 aromatic heterocycles. The van der Waals surface area contributed by atoms with Gasteiger partial charge in [-0.1, -0.05) is 5.21 Å². The molecule has 2 rings (SSSR count).